The first-order valence-electron chi connectivity index (χ1n) is 10.2. The van der Waals surface area contributed by atoms with E-state index in [2.05, 4.69) is 20.2 Å². The van der Waals surface area contributed by atoms with Gasteiger partial charge in [0.1, 0.15) is 12.1 Å². The minimum atomic E-state index is -0.537. The van der Waals surface area contributed by atoms with Crippen LogP contribution in [0.4, 0.5) is 15.9 Å². The van der Waals surface area contributed by atoms with Gasteiger partial charge in [0.25, 0.3) is 0 Å². The van der Waals surface area contributed by atoms with Crippen molar-refractivity contribution in [2.45, 2.75) is 12.8 Å². The summed E-state index contributed by atoms with van der Waals surface area (Å²) in [6.45, 7) is 3.13. The molecule has 0 amide bonds. The number of likely N-dealkylation sites (tertiary alicyclic amines) is 1. The van der Waals surface area contributed by atoms with Crippen molar-refractivity contribution in [1.82, 2.24) is 14.9 Å². The first-order chi connectivity index (χ1) is 15.1. The molecule has 1 saturated heterocycles. The molecule has 3 aromatic rings. The van der Waals surface area contributed by atoms with Crippen LogP contribution in [-0.2, 0) is 0 Å². The van der Waals surface area contributed by atoms with Crippen LogP contribution in [0, 0.1) is 11.7 Å². The Balaban J connectivity index is 1.59. The normalized spacial score (nSPS) is 15.2. The number of methoxy groups -OCH3 is 1. The molecule has 1 aromatic heterocycles. The number of rotatable bonds is 7. The van der Waals surface area contributed by atoms with Gasteiger partial charge in [-0.2, -0.15) is 0 Å². The van der Waals surface area contributed by atoms with Crippen molar-refractivity contribution in [3.8, 4) is 11.5 Å². The van der Waals surface area contributed by atoms with Crippen LogP contribution < -0.4 is 20.5 Å². The molecular formula is C22H25ClFN5O2. The lowest BCUT2D eigenvalue weighted by atomic mass is 9.98. The highest BCUT2D eigenvalue weighted by Crippen LogP contribution is 2.36. The molecule has 2 aromatic carbocycles. The van der Waals surface area contributed by atoms with E-state index in [0.29, 0.717) is 47.4 Å². The molecule has 0 bridgehead atoms. The van der Waals surface area contributed by atoms with Gasteiger partial charge in [0.15, 0.2) is 17.3 Å². The SMILES string of the molecule is COc1cc2ncnc(Nc3cccc(Cl)c3F)c2cc1OCC1CCN(CN)CC1. The van der Waals surface area contributed by atoms with E-state index in [-0.39, 0.29) is 10.7 Å². The summed E-state index contributed by atoms with van der Waals surface area (Å²) in [7, 11) is 1.59. The van der Waals surface area contributed by atoms with E-state index < -0.39 is 5.82 Å². The molecule has 1 aliphatic rings. The molecule has 0 radical (unpaired) electrons. The van der Waals surface area contributed by atoms with Crippen molar-refractivity contribution >= 4 is 34.0 Å². The van der Waals surface area contributed by atoms with Crippen LogP contribution in [0.25, 0.3) is 10.9 Å². The van der Waals surface area contributed by atoms with Gasteiger partial charge in [0.2, 0.25) is 0 Å². The molecule has 2 heterocycles. The predicted molar refractivity (Wildman–Crippen MR) is 120 cm³/mol. The van der Waals surface area contributed by atoms with Crippen LogP contribution in [0.15, 0.2) is 36.7 Å². The number of piperidine rings is 1. The van der Waals surface area contributed by atoms with Gasteiger partial charge in [-0.15, -0.1) is 0 Å². The lowest BCUT2D eigenvalue weighted by Crippen LogP contribution is -2.38. The van der Waals surface area contributed by atoms with Crippen molar-refractivity contribution in [3.05, 3.63) is 47.5 Å². The third-order valence-corrected chi connectivity index (χ3v) is 5.86. The van der Waals surface area contributed by atoms with Gasteiger partial charge < -0.3 is 20.5 Å². The van der Waals surface area contributed by atoms with Gasteiger partial charge in [-0.25, -0.2) is 14.4 Å². The summed E-state index contributed by atoms with van der Waals surface area (Å²) in [5.41, 5.74) is 6.61. The smallest absolute Gasteiger partial charge is 0.165 e. The summed E-state index contributed by atoms with van der Waals surface area (Å²) in [6.07, 6.45) is 3.49. The number of aromatic nitrogens is 2. The summed E-state index contributed by atoms with van der Waals surface area (Å²) >= 11 is 5.90. The van der Waals surface area contributed by atoms with Gasteiger partial charge in [-0.05, 0) is 50.0 Å². The Labute approximate surface area is 185 Å². The van der Waals surface area contributed by atoms with Crippen LogP contribution in [0.2, 0.25) is 5.02 Å². The first kappa shape index (κ1) is 21.5. The molecule has 0 atom stereocenters. The van der Waals surface area contributed by atoms with Crippen LogP contribution in [0.5, 0.6) is 11.5 Å². The zero-order chi connectivity index (χ0) is 21.8. The van der Waals surface area contributed by atoms with Crippen LogP contribution >= 0.6 is 11.6 Å². The summed E-state index contributed by atoms with van der Waals surface area (Å²) in [6, 6.07) is 8.39. The Morgan fingerprint density at radius 2 is 2.03 bits per heavy atom. The van der Waals surface area contributed by atoms with Gasteiger partial charge in [-0.1, -0.05) is 17.7 Å². The van der Waals surface area contributed by atoms with Crippen molar-refractivity contribution in [3.63, 3.8) is 0 Å². The highest BCUT2D eigenvalue weighted by atomic mass is 35.5. The molecule has 1 fully saturated rings. The van der Waals surface area contributed by atoms with Crippen LogP contribution in [0.3, 0.4) is 0 Å². The second-order valence-corrected chi connectivity index (χ2v) is 7.93. The molecule has 1 aliphatic heterocycles. The van der Waals surface area contributed by atoms with Gasteiger partial charge in [0, 0.05) is 18.1 Å². The standard InChI is InChI=1S/C22H25ClFN5O2/c1-30-19-10-18-15(9-20(19)31-11-14-5-7-29(12-25)8-6-14)22(27-13-26-18)28-17-4-2-3-16(23)21(17)24/h2-4,9-10,13-14H,5-8,11-12,25H2,1H3,(H,26,27,28). The quantitative estimate of drug-likeness (QED) is 0.564. The van der Waals surface area contributed by atoms with E-state index in [0.717, 1.165) is 25.9 Å². The predicted octanol–water partition coefficient (Wildman–Crippen LogP) is 4.18. The lowest BCUT2D eigenvalue weighted by molar-refractivity contribution is 0.142. The third kappa shape index (κ3) is 4.81. The number of anilines is 2. The number of nitrogens with one attached hydrogen (secondary N) is 1. The second kappa shape index (κ2) is 9.64. The summed E-state index contributed by atoms with van der Waals surface area (Å²) in [4.78, 5) is 10.8. The monoisotopic (exact) mass is 445 g/mol. The Morgan fingerprint density at radius 3 is 2.77 bits per heavy atom. The molecule has 164 valence electrons. The van der Waals surface area contributed by atoms with Crippen LogP contribution in [0.1, 0.15) is 12.8 Å². The molecular weight excluding hydrogens is 421 g/mol. The molecule has 0 saturated carbocycles. The Kier molecular flexibility index (Phi) is 6.70. The highest BCUT2D eigenvalue weighted by Gasteiger charge is 2.20. The molecule has 7 nitrogen and oxygen atoms in total. The molecule has 0 spiro atoms. The third-order valence-electron chi connectivity index (χ3n) is 5.57. The maximum absolute atomic E-state index is 14.4. The van der Waals surface area contributed by atoms with Crippen molar-refractivity contribution in [2.24, 2.45) is 11.7 Å². The first-order valence-corrected chi connectivity index (χ1v) is 10.6. The highest BCUT2D eigenvalue weighted by molar-refractivity contribution is 6.31. The number of fused-ring (bicyclic) bond motifs is 1. The molecule has 0 aliphatic carbocycles. The summed E-state index contributed by atoms with van der Waals surface area (Å²) in [5.74, 6) is 1.55. The second-order valence-electron chi connectivity index (χ2n) is 7.52. The van der Waals surface area contributed by atoms with Crippen molar-refractivity contribution in [2.75, 3.05) is 38.8 Å². The van der Waals surface area contributed by atoms with Gasteiger partial charge in [0.05, 0.1) is 29.9 Å². The summed E-state index contributed by atoms with van der Waals surface area (Å²) in [5, 5.41) is 3.74. The zero-order valence-electron chi connectivity index (χ0n) is 17.3. The maximum atomic E-state index is 14.4. The Morgan fingerprint density at radius 1 is 1.23 bits per heavy atom. The van der Waals surface area contributed by atoms with Crippen molar-refractivity contribution < 1.29 is 13.9 Å². The van der Waals surface area contributed by atoms with E-state index in [1.165, 1.54) is 12.4 Å². The molecule has 3 N–H and O–H groups in total. The lowest BCUT2D eigenvalue weighted by Gasteiger charge is -2.30. The summed E-state index contributed by atoms with van der Waals surface area (Å²) < 4.78 is 26.0. The molecule has 9 heteroatoms. The van der Waals surface area contributed by atoms with E-state index >= 15 is 0 Å². The Bertz CT molecular complexity index is 1060. The van der Waals surface area contributed by atoms with E-state index in [4.69, 9.17) is 26.8 Å². The number of hydrogen-bond donors (Lipinski definition) is 2. The number of hydrogen-bond acceptors (Lipinski definition) is 7. The minimum absolute atomic E-state index is 0.0368. The number of halogens is 2. The number of benzene rings is 2. The fraction of sp³-hybridized carbons (Fsp3) is 0.364. The number of nitrogens with two attached hydrogens (primary N) is 1. The van der Waals surface area contributed by atoms with Gasteiger partial charge >= 0.3 is 0 Å². The van der Waals surface area contributed by atoms with Crippen LogP contribution in [-0.4, -0.2) is 48.3 Å². The van der Waals surface area contributed by atoms with Gasteiger partial charge in [-0.3, -0.25) is 4.90 Å². The Hall–Kier alpha value is -2.68. The fourth-order valence-corrected chi connectivity index (χ4v) is 3.88. The largest absolute Gasteiger partial charge is 0.493 e. The maximum Gasteiger partial charge on any atom is 0.165 e. The van der Waals surface area contributed by atoms with Crippen molar-refractivity contribution in [1.29, 1.82) is 0 Å². The average Bonchev–Trinajstić information content (AvgIpc) is 2.80. The minimum Gasteiger partial charge on any atom is -0.493 e. The molecule has 0 unspecified atom stereocenters. The molecule has 4 rings (SSSR count). The zero-order valence-corrected chi connectivity index (χ0v) is 18.0. The fourth-order valence-electron chi connectivity index (χ4n) is 3.71. The van der Waals surface area contributed by atoms with E-state index in [1.807, 2.05) is 6.07 Å². The number of nitrogens with zero attached hydrogens (tertiary/aromatic N) is 3. The average molecular weight is 446 g/mol. The van der Waals surface area contributed by atoms with E-state index in [9.17, 15) is 4.39 Å². The topological polar surface area (TPSA) is 85.5 Å². The van der Waals surface area contributed by atoms with E-state index in [1.54, 1.807) is 25.3 Å². The number of ether oxygens (including phenoxy) is 2. The molecule has 31 heavy (non-hydrogen) atoms.